The summed E-state index contributed by atoms with van der Waals surface area (Å²) in [6, 6.07) is 76.3. The lowest BCUT2D eigenvalue weighted by atomic mass is 10.0. The zero-order valence-electron chi connectivity index (χ0n) is 33.5. The molecule has 0 saturated heterocycles. The van der Waals surface area contributed by atoms with E-state index in [2.05, 4.69) is 199 Å². The standard InChI is InChI=1S/C57H36N4O/c1-4-13-37(14-5-1)40-23-27-43(28-24-40)55-58-56(44-29-25-41(26-30-44)38-15-6-2-7-16-38)60-57(59-55)47-20-12-22-52-54(47)49-35-51-48(36-53(49)62-52)46-19-10-11-21-50(46)61(51)45-33-31-42(32-34-45)39-17-8-3-9-18-39/h1-36H. The van der Waals surface area contributed by atoms with Gasteiger partial charge in [-0.15, -0.1) is 0 Å². The summed E-state index contributed by atoms with van der Waals surface area (Å²) in [5, 5.41) is 4.25. The largest absolute Gasteiger partial charge is 0.456 e. The van der Waals surface area contributed by atoms with Crippen molar-refractivity contribution in [3.8, 4) is 73.2 Å². The minimum absolute atomic E-state index is 0.578. The van der Waals surface area contributed by atoms with Gasteiger partial charge in [0.1, 0.15) is 11.2 Å². The minimum Gasteiger partial charge on any atom is -0.456 e. The molecule has 0 aliphatic heterocycles. The van der Waals surface area contributed by atoms with Crippen molar-refractivity contribution in [2.24, 2.45) is 0 Å². The van der Waals surface area contributed by atoms with Gasteiger partial charge in [-0.05, 0) is 69.8 Å². The van der Waals surface area contributed by atoms with E-state index in [0.717, 1.165) is 83.0 Å². The minimum atomic E-state index is 0.578. The van der Waals surface area contributed by atoms with Gasteiger partial charge in [0, 0.05) is 43.9 Å². The Morgan fingerprint density at radius 2 is 0.774 bits per heavy atom. The molecular weight excluding hydrogens is 757 g/mol. The molecule has 0 fully saturated rings. The molecule has 3 heterocycles. The molecule has 0 N–H and O–H groups in total. The van der Waals surface area contributed by atoms with Crippen molar-refractivity contribution < 1.29 is 4.42 Å². The Labute approximate surface area is 357 Å². The number of aromatic nitrogens is 4. The second-order valence-corrected chi connectivity index (χ2v) is 15.6. The smallest absolute Gasteiger partial charge is 0.164 e. The molecule has 0 radical (unpaired) electrons. The van der Waals surface area contributed by atoms with Gasteiger partial charge in [-0.25, -0.2) is 15.0 Å². The van der Waals surface area contributed by atoms with Crippen LogP contribution in [0.3, 0.4) is 0 Å². The van der Waals surface area contributed by atoms with Gasteiger partial charge in [0.15, 0.2) is 17.5 Å². The van der Waals surface area contributed by atoms with E-state index in [1.165, 1.54) is 16.5 Å². The number of nitrogens with zero attached hydrogens (tertiary/aromatic N) is 4. The van der Waals surface area contributed by atoms with E-state index in [1.54, 1.807) is 0 Å². The number of fused-ring (bicyclic) bond motifs is 6. The SMILES string of the molecule is c1ccc(-c2ccc(-c3nc(-c4ccc(-c5ccccc5)cc4)nc(-c4cccc5oc6cc7c8ccccc8n(-c8ccc(-c9ccccc9)cc8)c7cc6c45)n3)cc2)cc1. The van der Waals surface area contributed by atoms with E-state index >= 15 is 0 Å². The lowest BCUT2D eigenvalue weighted by Gasteiger charge is -2.11. The molecule has 5 nitrogen and oxygen atoms in total. The molecule has 5 heteroatoms. The quantitative estimate of drug-likeness (QED) is 0.161. The highest BCUT2D eigenvalue weighted by atomic mass is 16.3. The summed E-state index contributed by atoms with van der Waals surface area (Å²) in [4.78, 5) is 15.6. The molecule has 62 heavy (non-hydrogen) atoms. The number of benzene rings is 9. The van der Waals surface area contributed by atoms with Crippen LogP contribution < -0.4 is 0 Å². The highest BCUT2D eigenvalue weighted by molar-refractivity contribution is 6.19. The van der Waals surface area contributed by atoms with E-state index in [0.29, 0.717) is 17.5 Å². The molecule has 9 aromatic carbocycles. The van der Waals surface area contributed by atoms with Crippen molar-refractivity contribution >= 4 is 43.7 Å². The van der Waals surface area contributed by atoms with E-state index in [-0.39, 0.29) is 0 Å². The summed E-state index contributed by atoms with van der Waals surface area (Å²) in [5.74, 6) is 1.78. The van der Waals surface area contributed by atoms with Gasteiger partial charge in [-0.3, -0.25) is 0 Å². The maximum absolute atomic E-state index is 6.71. The molecule has 0 saturated carbocycles. The Bertz CT molecular complexity index is 3480. The van der Waals surface area contributed by atoms with Gasteiger partial charge in [0.2, 0.25) is 0 Å². The Kier molecular flexibility index (Phi) is 8.42. The van der Waals surface area contributed by atoms with Crippen LogP contribution in [-0.4, -0.2) is 19.5 Å². The number of rotatable bonds is 7. The van der Waals surface area contributed by atoms with Gasteiger partial charge in [0.25, 0.3) is 0 Å². The molecule has 0 aliphatic rings. The number of hydrogen-bond donors (Lipinski definition) is 0. The van der Waals surface area contributed by atoms with Crippen molar-refractivity contribution in [2.75, 3.05) is 0 Å². The lowest BCUT2D eigenvalue weighted by Crippen LogP contribution is -2.00. The molecule has 0 atom stereocenters. The van der Waals surface area contributed by atoms with Gasteiger partial charge in [0.05, 0.1) is 11.0 Å². The second kappa shape index (κ2) is 14.7. The van der Waals surface area contributed by atoms with Crippen LogP contribution in [-0.2, 0) is 0 Å². The summed E-state index contributed by atoms with van der Waals surface area (Å²) in [6.07, 6.45) is 0. The summed E-state index contributed by atoms with van der Waals surface area (Å²) in [6.45, 7) is 0. The predicted octanol–water partition coefficient (Wildman–Crippen LogP) is 14.9. The summed E-state index contributed by atoms with van der Waals surface area (Å²) >= 11 is 0. The van der Waals surface area contributed by atoms with E-state index < -0.39 is 0 Å². The second-order valence-electron chi connectivity index (χ2n) is 15.6. The first-order valence-electron chi connectivity index (χ1n) is 20.8. The number of furan rings is 1. The predicted molar refractivity (Wildman–Crippen MR) is 254 cm³/mol. The Morgan fingerprint density at radius 3 is 1.34 bits per heavy atom. The Balaban J connectivity index is 1.04. The molecule has 0 unspecified atom stereocenters. The van der Waals surface area contributed by atoms with Crippen LogP contribution in [0.15, 0.2) is 223 Å². The summed E-state index contributed by atoms with van der Waals surface area (Å²) < 4.78 is 9.07. The molecule has 0 spiro atoms. The van der Waals surface area contributed by atoms with Crippen LogP contribution in [0.2, 0.25) is 0 Å². The third-order valence-corrected chi connectivity index (χ3v) is 11.9. The number of hydrogen-bond acceptors (Lipinski definition) is 4. The van der Waals surface area contributed by atoms with Crippen LogP contribution in [0.25, 0.3) is 117 Å². The first kappa shape index (κ1) is 35.5. The van der Waals surface area contributed by atoms with E-state index in [9.17, 15) is 0 Å². The fraction of sp³-hybridized carbons (Fsp3) is 0. The Hall–Kier alpha value is -8.41. The molecule has 3 aromatic heterocycles. The van der Waals surface area contributed by atoms with Crippen molar-refractivity contribution in [1.82, 2.24) is 19.5 Å². The fourth-order valence-corrected chi connectivity index (χ4v) is 8.82. The third kappa shape index (κ3) is 6.14. The van der Waals surface area contributed by atoms with Gasteiger partial charge < -0.3 is 8.98 Å². The lowest BCUT2D eigenvalue weighted by molar-refractivity contribution is 0.669. The van der Waals surface area contributed by atoms with Crippen molar-refractivity contribution in [3.05, 3.63) is 218 Å². The van der Waals surface area contributed by atoms with Crippen molar-refractivity contribution in [2.45, 2.75) is 0 Å². The monoisotopic (exact) mass is 792 g/mol. The van der Waals surface area contributed by atoms with E-state index in [1.807, 2.05) is 24.3 Å². The molecule has 290 valence electrons. The summed E-state index contributed by atoms with van der Waals surface area (Å²) in [5.41, 5.74) is 14.5. The van der Waals surface area contributed by atoms with Gasteiger partial charge >= 0.3 is 0 Å². The van der Waals surface area contributed by atoms with Crippen LogP contribution >= 0.6 is 0 Å². The normalized spacial score (nSPS) is 11.5. The topological polar surface area (TPSA) is 56.7 Å². The van der Waals surface area contributed by atoms with Crippen molar-refractivity contribution in [3.63, 3.8) is 0 Å². The summed E-state index contributed by atoms with van der Waals surface area (Å²) in [7, 11) is 0. The number of para-hydroxylation sites is 1. The first-order valence-corrected chi connectivity index (χ1v) is 20.8. The molecule has 0 amide bonds. The zero-order valence-corrected chi connectivity index (χ0v) is 33.5. The third-order valence-electron chi connectivity index (χ3n) is 11.9. The average molecular weight is 793 g/mol. The Morgan fingerprint density at radius 1 is 0.306 bits per heavy atom. The van der Waals surface area contributed by atoms with Crippen molar-refractivity contribution in [1.29, 1.82) is 0 Å². The van der Waals surface area contributed by atoms with Crippen LogP contribution in [0, 0.1) is 0 Å². The molecule has 0 aliphatic carbocycles. The molecule has 12 aromatic rings. The van der Waals surface area contributed by atoms with Gasteiger partial charge in [-0.2, -0.15) is 0 Å². The maximum Gasteiger partial charge on any atom is 0.164 e. The average Bonchev–Trinajstić information content (AvgIpc) is 3.89. The molecule has 12 rings (SSSR count). The fourth-order valence-electron chi connectivity index (χ4n) is 8.82. The van der Waals surface area contributed by atoms with E-state index in [4.69, 9.17) is 19.4 Å². The van der Waals surface area contributed by atoms with Gasteiger partial charge in [-0.1, -0.05) is 182 Å². The zero-order chi connectivity index (χ0) is 41.0. The maximum atomic E-state index is 6.71. The molecule has 0 bridgehead atoms. The van der Waals surface area contributed by atoms with Crippen LogP contribution in [0.1, 0.15) is 0 Å². The van der Waals surface area contributed by atoms with Crippen LogP contribution in [0.4, 0.5) is 0 Å². The molecular formula is C57H36N4O. The first-order chi connectivity index (χ1) is 30.7. The van der Waals surface area contributed by atoms with Crippen LogP contribution in [0.5, 0.6) is 0 Å². The highest BCUT2D eigenvalue weighted by Crippen LogP contribution is 2.42. The highest BCUT2D eigenvalue weighted by Gasteiger charge is 2.21.